The molecule has 0 aromatic heterocycles. The van der Waals surface area contributed by atoms with Crippen LogP contribution in [-0.2, 0) is 24.6 Å². The first kappa shape index (κ1) is 27.3. The van der Waals surface area contributed by atoms with Gasteiger partial charge in [0.1, 0.15) is 28.9 Å². The number of hydrogen-bond acceptors (Lipinski definition) is 6. The van der Waals surface area contributed by atoms with Crippen LogP contribution in [0.1, 0.15) is 44.9 Å². The number of carboxylic acids is 1. The minimum atomic E-state index is -1.17. The van der Waals surface area contributed by atoms with Gasteiger partial charge in [0.15, 0.2) is 6.61 Å². The van der Waals surface area contributed by atoms with Crippen molar-refractivity contribution in [1.82, 2.24) is 15.5 Å². The number of fused-ring (bicyclic) bond motifs is 1. The molecule has 2 aliphatic heterocycles. The fourth-order valence-electron chi connectivity index (χ4n) is 4.52. The van der Waals surface area contributed by atoms with Crippen molar-refractivity contribution in [3.8, 4) is 5.75 Å². The van der Waals surface area contributed by atoms with E-state index in [-0.39, 0.29) is 17.7 Å². The second-order valence-corrected chi connectivity index (χ2v) is 11.4. The molecule has 3 atom stereocenters. The van der Waals surface area contributed by atoms with E-state index in [9.17, 15) is 24.3 Å². The molecule has 3 N–H and O–H groups in total. The van der Waals surface area contributed by atoms with Crippen molar-refractivity contribution in [2.45, 2.75) is 50.6 Å². The SMILES string of the molecule is CC1=C(C(=O)O)N2C(=O)C(NC(=O)[C@@H](NC(=O)COc3ccccc3C(C)(C)C)c3ccccc3)[C@@H]2SC1. The first-order valence-corrected chi connectivity index (χ1v) is 13.3. The van der Waals surface area contributed by atoms with Gasteiger partial charge in [-0.25, -0.2) is 4.79 Å². The number of carbonyl (C=O) groups excluding carboxylic acids is 3. The van der Waals surface area contributed by atoms with Crippen molar-refractivity contribution in [3.63, 3.8) is 0 Å². The van der Waals surface area contributed by atoms with Crippen molar-refractivity contribution < 1.29 is 29.0 Å². The molecule has 0 spiro atoms. The summed E-state index contributed by atoms with van der Waals surface area (Å²) in [6, 6.07) is 14.2. The molecule has 1 saturated heterocycles. The Labute approximate surface area is 225 Å². The molecule has 2 aromatic rings. The van der Waals surface area contributed by atoms with Gasteiger partial charge < -0.3 is 20.5 Å². The van der Waals surface area contributed by atoms with Crippen molar-refractivity contribution in [2.24, 2.45) is 0 Å². The van der Waals surface area contributed by atoms with Gasteiger partial charge in [-0.05, 0) is 35.1 Å². The van der Waals surface area contributed by atoms with Gasteiger partial charge in [-0.2, -0.15) is 0 Å². The first-order valence-electron chi connectivity index (χ1n) is 12.2. The third-order valence-electron chi connectivity index (χ3n) is 6.41. The number of amides is 3. The number of ether oxygens (including phenoxy) is 1. The maximum atomic E-state index is 13.4. The van der Waals surface area contributed by atoms with E-state index in [0.717, 1.165) is 5.56 Å². The zero-order valence-corrected chi connectivity index (χ0v) is 22.5. The molecule has 2 heterocycles. The number of aliphatic carboxylic acids is 1. The summed E-state index contributed by atoms with van der Waals surface area (Å²) in [5, 5.41) is 14.5. The summed E-state index contributed by atoms with van der Waals surface area (Å²) < 4.78 is 5.82. The maximum absolute atomic E-state index is 13.4. The third kappa shape index (κ3) is 5.55. The predicted molar refractivity (Wildman–Crippen MR) is 143 cm³/mol. The first-order chi connectivity index (χ1) is 18.0. The Balaban J connectivity index is 1.46. The Morgan fingerprint density at radius 3 is 2.42 bits per heavy atom. The second kappa shape index (κ2) is 10.9. The van der Waals surface area contributed by atoms with Gasteiger partial charge in [-0.1, -0.05) is 69.3 Å². The largest absolute Gasteiger partial charge is 0.483 e. The molecule has 200 valence electrons. The number of hydrogen-bond donors (Lipinski definition) is 3. The van der Waals surface area contributed by atoms with E-state index in [1.165, 1.54) is 16.7 Å². The minimum Gasteiger partial charge on any atom is -0.483 e. The zero-order valence-electron chi connectivity index (χ0n) is 21.7. The molecule has 9 nitrogen and oxygen atoms in total. The van der Waals surface area contributed by atoms with Crippen molar-refractivity contribution in [2.75, 3.05) is 12.4 Å². The molecule has 4 rings (SSSR count). The molecule has 0 radical (unpaired) electrons. The highest BCUT2D eigenvalue weighted by atomic mass is 32.2. The van der Waals surface area contributed by atoms with E-state index < -0.39 is 41.1 Å². The van der Waals surface area contributed by atoms with Crippen LogP contribution >= 0.6 is 11.8 Å². The molecule has 0 saturated carbocycles. The van der Waals surface area contributed by atoms with Crippen LogP contribution in [0.15, 0.2) is 65.9 Å². The lowest BCUT2D eigenvalue weighted by Crippen LogP contribution is -2.71. The molecule has 0 bridgehead atoms. The van der Waals surface area contributed by atoms with Gasteiger partial charge in [0.2, 0.25) is 5.91 Å². The van der Waals surface area contributed by atoms with Gasteiger partial charge >= 0.3 is 5.97 Å². The molecule has 3 amide bonds. The molecular weight excluding hydrogens is 506 g/mol. The summed E-state index contributed by atoms with van der Waals surface area (Å²) in [5.41, 5.74) is 1.86. The standard InChI is InChI=1S/C28H31N3O6S/c1-16-15-38-26-22(25(34)31(26)23(16)27(35)36)30-24(33)21(17-10-6-5-7-11-17)29-20(32)14-37-19-13-9-8-12-18(19)28(2,3)4/h5-13,21-22,26H,14-15H2,1-4H3,(H,29,32)(H,30,33)(H,35,36)/t21-,22?,26-/m0/s1. The Hall–Kier alpha value is -3.79. The Morgan fingerprint density at radius 2 is 1.76 bits per heavy atom. The fraction of sp³-hybridized carbons (Fsp3) is 0.357. The number of para-hydroxylation sites is 1. The maximum Gasteiger partial charge on any atom is 0.352 e. The summed E-state index contributed by atoms with van der Waals surface area (Å²) in [4.78, 5) is 52.0. The number of β-lactam (4-membered cyclic amide) rings is 1. The molecule has 1 unspecified atom stereocenters. The topological polar surface area (TPSA) is 125 Å². The molecule has 2 aromatic carbocycles. The summed E-state index contributed by atoms with van der Waals surface area (Å²) in [6.07, 6.45) is 0. The van der Waals surface area contributed by atoms with Crippen LogP contribution in [0.4, 0.5) is 0 Å². The average molecular weight is 538 g/mol. The average Bonchev–Trinajstić information content (AvgIpc) is 2.88. The van der Waals surface area contributed by atoms with Crippen molar-refractivity contribution in [1.29, 1.82) is 0 Å². The van der Waals surface area contributed by atoms with E-state index in [4.69, 9.17) is 4.74 Å². The number of benzene rings is 2. The molecule has 38 heavy (non-hydrogen) atoms. The van der Waals surface area contributed by atoms with Crippen LogP contribution in [0.5, 0.6) is 5.75 Å². The summed E-state index contributed by atoms with van der Waals surface area (Å²) >= 11 is 1.39. The third-order valence-corrected chi connectivity index (χ3v) is 7.84. The van der Waals surface area contributed by atoms with E-state index >= 15 is 0 Å². The Kier molecular flexibility index (Phi) is 7.82. The van der Waals surface area contributed by atoms with E-state index in [1.807, 2.05) is 18.2 Å². The highest BCUT2D eigenvalue weighted by Crippen LogP contribution is 2.40. The highest BCUT2D eigenvalue weighted by molar-refractivity contribution is 8.00. The molecule has 10 heteroatoms. The lowest BCUT2D eigenvalue weighted by atomic mass is 9.86. The lowest BCUT2D eigenvalue weighted by Gasteiger charge is -2.49. The van der Waals surface area contributed by atoms with Gasteiger partial charge in [-0.15, -0.1) is 11.8 Å². The van der Waals surface area contributed by atoms with Gasteiger partial charge in [0, 0.05) is 5.75 Å². The van der Waals surface area contributed by atoms with E-state index in [0.29, 0.717) is 22.6 Å². The highest BCUT2D eigenvalue weighted by Gasteiger charge is 2.54. The van der Waals surface area contributed by atoms with E-state index in [1.54, 1.807) is 43.3 Å². The van der Waals surface area contributed by atoms with E-state index in [2.05, 4.69) is 31.4 Å². The van der Waals surface area contributed by atoms with Gasteiger partial charge in [0.25, 0.3) is 11.8 Å². The van der Waals surface area contributed by atoms with Crippen LogP contribution in [-0.4, -0.2) is 57.5 Å². The summed E-state index contributed by atoms with van der Waals surface area (Å²) in [5.74, 6) is -1.71. The Morgan fingerprint density at radius 1 is 1.11 bits per heavy atom. The van der Waals surface area contributed by atoms with Crippen LogP contribution in [0.25, 0.3) is 0 Å². The number of rotatable bonds is 8. The molecule has 1 fully saturated rings. The van der Waals surface area contributed by atoms with Gasteiger partial charge in [0.05, 0.1) is 0 Å². The van der Waals surface area contributed by atoms with Crippen LogP contribution in [0, 0.1) is 0 Å². The van der Waals surface area contributed by atoms with Crippen LogP contribution in [0.2, 0.25) is 0 Å². The number of nitrogens with zero attached hydrogens (tertiary/aromatic N) is 1. The smallest absolute Gasteiger partial charge is 0.352 e. The molecular formula is C28H31N3O6S. The minimum absolute atomic E-state index is 0.0372. The van der Waals surface area contributed by atoms with Crippen LogP contribution in [0.3, 0.4) is 0 Å². The number of thioether (sulfide) groups is 1. The number of carbonyl (C=O) groups is 4. The van der Waals surface area contributed by atoms with Crippen LogP contribution < -0.4 is 15.4 Å². The zero-order chi connectivity index (χ0) is 27.6. The van der Waals surface area contributed by atoms with Gasteiger partial charge in [-0.3, -0.25) is 19.3 Å². The summed E-state index contributed by atoms with van der Waals surface area (Å²) in [6.45, 7) is 7.53. The fourth-order valence-corrected chi connectivity index (χ4v) is 5.81. The lowest BCUT2D eigenvalue weighted by molar-refractivity contribution is -0.151. The quantitative estimate of drug-likeness (QED) is 0.442. The molecule has 2 aliphatic rings. The number of nitrogens with one attached hydrogen (secondary N) is 2. The monoisotopic (exact) mass is 537 g/mol. The molecule has 0 aliphatic carbocycles. The van der Waals surface area contributed by atoms with Crippen molar-refractivity contribution in [3.05, 3.63) is 77.0 Å². The second-order valence-electron chi connectivity index (χ2n) is 10.3. The Bertz CT molecular complexity index is 1290. The predicted octanol–water partition coefficient (Wildman–Crippen LogP) is 2.98. The number of carboxylic acid groups (broad SMARTS) is 1. The normalized spacial score (nSPS) is 19.7. The van der Waals surface area contributed by atoms with Crippen molar-refractivity contribution >= 4 is 35.5 Å². The summed E-state index contributed by atoms with van der Waals surface area (Å²) in [7, 11) is 0.